The van der Waals surface area contributed by atoms with Gasteiger partial charge in [0.25, 0.3) is 5.95 Å². The summed E-state index contributed by atoms with van der Waals surface area (Å²) < 4.78 is 4.56. The number of H-pyrrole nitrogens is 1. The van der Waals surface area contributed by atoms with Crippen LogP contribution in [0.4, 0.5) is 5.95 Å². The van der Waals surface area contributed by atoms with Gasteiger partial charge in [0.05, 0.1) is 0 Å². The molecule has 0 spiro atoms. The molecule has 8 nitrogen and oxygen atoms in total. The van der Waals surface area contributed by atoms with E-state index >= 15 is 0 Å². The van der Waals surface area contributed by atoms with E-state index in [1.807, 2.05) is 0 Å². The molecule has 0 aromatic carbocycles. The molecule has 2 heterocycles. The average molecular weight is 181 g/mol. The Morgan fingerprint density at radius 2 is 2.54 bits per heavy atom. The summed E-state index contributed by atoms with van der Waals surface area (Å²) in [5.41, 5.74) is 0. The Balaban J connectivity index is 1.76. The molecule has 2 N–H and O–H groups in total. The van der Waals surface area contributed by atoms with Gasteiger partial charge in [-0.2, -0.15) is 10.2 Å². The van der Waals surface area contributed by atoms with Gasteiger partial charge in [0.15, 0.2) is 5.82 Å². The summed E-state index contributed by atoms with van der Waals surface area (Å²) in [6.45, 7) is 0.638. The van der Waals surface area contributed by atoms with Crippen LogP contribution < -0.4 is 5.32 Å². The van der Waals surface area contributed by atoms with Gasteiger partial charge in [0.2, 0.25) is 6.39 Å². The lowest BCUT2D eigenvalue weighted by Crippen LogP contribution is -2.07. The quantitative estimate of drug-likeness (QED) is 0.638. The Hall–Kier alpha value is -1.99. The number of nitrogens with zero attached hydrogens (tertiary/aromatic N) is 5. The number of hydrogen-bond donors (Lipinski definition) is 2. The van der Waals surface area contributed by atoms with Crippen LogP contribution >= 0.6 is 0 Å². The van der Waals surface area contributed by atoms with Crippen LogP contribution in [0.25, 0.3) is 0 Å². The molecular weight excluding hydrogens is 174 g/mol. The van der Waals surface area contributed by atoms with Crippen LogP contribution in [0.15, 0.2) is 10.9 Å². The SMILES string of the molecule is c1nc(CCNc2nn[nH]n2)no1. The monoisotopic (exact) mass is 181 g/mol. The molecule has 8 heteroatoms. The van der Waals surface area contributed by atoms with Crippen LogP contribution in [-0.4, -0.2) is 37.3 Å². The molecule has 2 aromatic rings. The van der Waals surface area contributed by atoms with E-state index in [0.717, 1.165) is 0 Å². The number of anilines is 1. The van der Waals surface area contributed by atoms with Crippen molar-refractivity contribution in [2.45, 2.75) is 6.42 Å². The zero-order chi connectivity index (χ0) is 8.93. The Morgan fingerprint density at radius 3 is 3.23 bits per heavy atom. The van der Waals surface area contributed by atoms with Gasteiger partial charge < -0.3 is 9.84 Å². The maximum atomic E-state index is 4.56. The summed E-state index contributed by atoms with van der Waals surface area (Å²) in [7, 11) is 0. The summed E-state index contributed by atoms with van der Waals surface area (Å²) in [6, 6.07) is 0. The molecule has 0 saturated heterocycles. The first-order valence-corrected chi connectivity index (χ1v) is 3.68. The molecule has 0 bridgehead atoms. The molecule has 0 fully saturated rings. The lowest BCUT2D eigenvalue weighted by atomic mass is 10.4. The Labute approximate surface area is 72.7 Å². The molecule has 0 aliphatic heterocycles. The van der Waals surface area contributed by atoms with Gasteiger partial charge in [-0.3, -0.25) is 0 Å². The molecule has 0 atom stereocenters. The summed E-state index contributed by atoms with van der Waals surface area (Å²) >= 11 is 0. The fourth-order valence-electron chi connectivity index (χ4n) is 0.825. The molecule has 0 unspecified atom stereocenters. The third kappa shape index (κ3) is 1.98. The Morgan fingerprint density at radius 1 is 1.54 bits per heavy atom. The number of nitrogens with one attached hydrogen (secondary N) is 2. The fourth-order valence-corrected chi connectivity index (χ4v) is 0.825. The number of hydrogen-bond acceptors (Lipinski definition) is 7. The highest BCUT2D eigenvalue weighted by Gasteiger charge is 1.99. The maximum Gasteiger partial charge on any atom is 0.263 e. The first-order valence-electron chi connectivity index (χ1n) is 3.68. The normalized spacial score (nSPS) is 10.2. The smallest absolute Gasteiger partial charge is 0.263 e. The van der Waals surface area contributed by atoms with Crippen molar-refractivity contribution in [3.05, 3.63) is 12.2 Å². The number of aromatic amines is 1. The lowest BCUT2D eigenvalue weighted by molar-refractivity contribution is 0.410. The van der Waals surface area contributed by atoms with Crippen molar-refractivity contribution in [1.82, 2.24) is 30.8 Å². The van der Waals surface area contributed by atoms with E-state index in [-0.39, 0.29) is 0 Å². The van der Waals surface area contributed by atoms with Gasteiger partial charge in [0, 0.05) is 13.0 Å². The molecule has 0 amide bonds. The standard InChI is InChI=1S/C5H7N7O/c1(4-7-3-13-10-4)2-6-5-8-11-12-9-5/h3H,1-2H2,(H2,6,8,9,11,12). The van der Waals surface area contributed by atoms with Gasteiger partial charge in [-0.1, -0.05) is 10.3 Å². The highest BCUT2D eigenvalue weighted by Crippen LogP contribution is 1.93. The number of aromatic nitrogens is 6. The number of tetrazole rings is 1. The van der Waals surface area contributed by atoms with Crippen LogP contribution in [-0.2, 0) is 6.42 Å². The molecular formula is C5H7N7O. The second-order valence-electron chi connectivity index (χ2n) is 2.26. The van der Waals surface area contributed by atoms with Gasteiger partial charge in [-0.15, -0.1) is 5.10 Å². The van der Waals surface area contributed by atoms with Crippen molar-refractivity contribution in [1.29, 1.82) is 0 Å². The zero-order valence-corrected chi connectivity index (χ0v) is 6.64. The van der Waals surface area contributed by atoms with E-state index in [0.29, 0.717) is 24.7 Å². The van der Waals surface area contributed by atoms with E-state index < -0.39 is 0 Å². The molecule has 2 aromatic heterocycles. The van der Waals surface area contributed by atoms with Gasteiger partial charge in [-0.25, -0.2) is 0 Å². The zero-order valence-electron chi connectivity index (χ0n) is 6.64. The summed E-state index contributed by atoms with van der Waals surface area (Å²) in [5.74, 6) is 1.11. The van der Waals surface area contributed by atoms with Crippen LogP contribution in [0, 0.1) is 0 Å². The van der Waals surface area contributed by atoms with Crippen LogP contribution in [0.3, 0.4) is 0 Å². The van der Waals surface area contributed by atoms with Gasteiger partial charge >= 0.3 is 0 Å². The predicted octanol–water partition coefficient (Wildman–Crippen LogP) is -0.763. The van der Waals surface area contributed by atoms with E-state index in [9.17, 15) is 0 Å². The topological polar surface area (TPSA) is 105 Å². The minimum absolute atomic E-state index is 0.462. The minimum atomic E-state index is 0.462. The largest absolute Gasteiger partial charge is 0.351 e. The third-order valence-electron chi connectivity index (χ3n) is 1.38. The summed E-state index contributed by atoms with van der Waals surface area (Å²) in [4.78, 5) is 3.85. The van der Waals surface area contributed by atoms with Crippen molar-refractivity contribution in [3.8, 4) is 0 Å². The Kier molecular flexibility index (Phi) is 2.12. The lowest BCUT2D eigenvalue weighted by Gasteiger charge is -1.95. The average Bonchev–Trinajstić information content (AvgIpc) is 2.75. The molecule has 0 radical (unpaired) electrons. The molecule has 13 heavy (non-hydrogen) atoms. The van der Waals surface area contributed by atoms with Crippen molar-refractivity contribution >= 4 is 5.95 Å². The van der Waals surface area contributed by atoms with E-state index in [4.69, 9.17) is 0 Å². The van der Waals surface area contributed by atoms with E-state index in [2.05, 4.69) is 40.6 Å². The third-order valence-corrected chi connectivity index (χ3v) is 1.38. The maximum absolute atomic E-state index is 4.56. The van der Waals surface area contributed by atoms with Crippen molar-refractivity contribution in [3.63, 3.8) is 0 Å². The highest BCUT2D eigenvalue weighted by atomic mass is 16.5. The van der Waals surface area contributed by atoms with Crippen LogP contribution in [0.1, 0.15) is 5.82 Å². The second-order valence-corrected chi connectivity index (χ2v) is 2.26. The second kappa shape index (κ2) is 3.61. The minimum Gasteiger partial charge on any atom is -0.351 e. The van der Waals surface area contributed by atoms with Crippen LogP contribution in [0.2, 0.25) is 0 Å². The van der Waals surface area contributed by atoms with Crippen molar-refractivity contribution in [2.24, 2.45) is 0 Å². The first-order chi connectivity index (χ1) is 6.45. The van der Waals surface area contributed by atoms with E-state index in [1.54, 1.807) is 0 Å². The summed E-state index contributed by atoms with van der Waals surface area (Å²) in [5, 5.41) is 19.7. The van der Waals surface area contributed by atoms with Crippen molar-refractivity contribution < 1.29 is 4.52 Å². The highest BCUT2D eigenvalue weighted by molar-refractivity contribution is 5.18. The molecule has 68 valence electrons. The molecule has 2 rings (SSSR count). The Bertz CT molecular complexity index is 293. The van der Waals surface area contributed by atoms with Gasteiger partial charge in [-0.05, 0) is 5.21 Å². The molecule has 0 saturated carbocycles. The molecule has 0 aliphatic rings. The van der Waals surface area contributed by atoms with E-state index in [1.165, 1.54) is 6.39 Å². The summed E-state index contributed by atoms with van der Waals surface area (Å²) in [6.07, 6.45) is 1.95. The predicted molar refractivity (Wildman–Crippen MR) is 40.7 cm³/mol. The fraction of sp³-hybridized carbons (Fsp3) is 0.400. The number of rotatable bonds is 4. The first kappa shape index (κ1) is 7.65. The molecule has 0 aliphatic carbocycles. The van der Waals surface area contributed by atoms with Crippen LogP contribution in [0.5, 0.6) is 0 Å². The van der Waals surface area contributed by atoms with Gasteiger partial charge in [0.1, 0.15) is 0 Å². The van der Waals surface area contributed by atoms with Crippen molar-refractivity contribution in [2.75, 3.05) is 11.9 Å².